The monoisotopic (exact) mass is 233 g/mol. The van der Waals surface area contributed by atoms with Gasteiger partial charge in [-0.25, -0.2) is 0 Å². The van der Waals surface area contributed by atoms with E-state index in [0.29, 0.717) is 0 Å². The van der Waals surface area contributed by atoms with Crippen LogP contribution in [0.5, 0.6) is 0 Å². The Kier molecular flexibility index (Phi) is 2.33. The van der Waals surface area contributed by atoms with E-state index in [0.717, 1.165) is 6.54 Å². The van der Waals surface area contributed by atoms with Gasteiger partial charge in [0.05, 0.1) is 3.70 Å². The third-order valence-electron chi connectivity index (χ3n) is 1.10. The second kappa shape index (κ2) is 3.06. The van der Waals surface area contributed by atoms with Gasteiger partial charge in [0.2, 0.25) is 0 Å². The van der Waals surface area contributed by atoms with Crippen molar-refractivity contribution in [3.8, 4) is 0 Å². The summed E-state index contributed by atoms with van der Waals surface area (Å²) < 4.78 is 3.39. The van der Waals surface area contributed by atoms with Gasteiger partial charge < -0.3 is 4.57 Å². The number of aromatic nitrogens is 1. The van der Waals surface area contributed by atoms with Crippen LogP contribution in [0.1, 0.15) is 0 Å². The predicted molar refractivity (Wildman–Crippen MR) is 47.3 cm³/mol. The van der Waals surface area contributed by atoms with E-state index < -0.39 is 0 Å². The average molecular weight is 233 g/mol. The molecule has 0 saturated carbocycles. The molecular weight excluding hydrogens is 225 g/mol. The van der Waals surface area contributed by atoms with Gasteiger partial charge in [-0.1, -0.05) is 6.08 Å². The SMILES string of the molecule is C=CCn1cccc1I. The van der Waals surface area contributed by atoms with Gasteiger partial charge in [0, 0.05) is 12.7 Å². The van der Waals surface area contributed by atoms with Gasteiger partial charge in [-0.3, -0.25) is 0 Å². The summed E-state index contributed by atoms with van der Waals surface area (Å²) in [5.41, 5.74) is 0. The summed E-state index contributed by atoms with van der Waals surface area (Å²) in [7, 11) is 0. The molecular formula is C7H8IN. The molecule has 2 heteroatoms. The fraction of sp³-hybridized carbons (Fsp3) is 0.143. The molecule has 0 bridgehead atoms. The van der Waals surface area contributed by atoms with Gasteiger partial charge in [0.1, 0.15) is 0 Å². The van der Waals surface area contributed by atoms with E-state index in [1.807, 2.05) is 18.3 Å². The highest BCUT2D eigenvalue weighted by molar-refractivity contribution is 14.1. The van der Waals surface area contributed by atoms with Crippen molar-refractivity contribution in [2.75, 3.05) is 0 Å². The predicted octanol–water partition coefficient (Wildman–Crippen LogP) is 2.28. The van der Waals surface area contributed by atoms with Crippen LogP contribution in [0.25, 0.3) is 0 Å². The quantitative estimate of drug-likeness (QED) is 0.545. The van der Waals surface area contributed by atoms with Gasteiger partial charge in [-0.15, -0.1) is 6.58 Å². The molecule has 1 aromatic heterocycles. The highest BCUT2D eigenvalue weighted by Gasteiger charge is 1.90. The zero-order chi connectivity index (χ0) is 6.69. The minimum atomic E-state index is 0.908. The Morgan fingerprint density at radius 2 is 2.56 bits per heavy atom. The molecule has 1 rings (SSSR count). The van der Waals surface area contributed by atoms with Crippen molar-refractivity contribution in [3.05, 3.63) is 34.7 Å². The Hall–Kier alpha value is -0.250. The van der Waals surface area contributed by atoms with E-state index in [1.165, 1.54) is 3.70 Å². The van der Waals surface area contributed by atoms with Crippen molar-refractivity contribution in [2.24, 2.45) is 0 Å². The molecule has 0 aliphatic heterocycles. The first kappa shape index (κ1) is 6.86. The maximum absolute atomic E-state index is 3.65. The number of allylic oxidation sites excluding steroid dienone is 1. The summed E-state index contributed by atoms with van der Waals surface area (Å²) in [6.07, 6.45) is 3.94. The molecule has 1 nitrogen and oxygen atoms in total. The Morgan fingerprint density at radius 3 is 3.00 bits per heavy atom. The van der Waals surface area contributed by atoms with E-state index in [4.69, 9.17) is 0 Å². The third kappa shape index (κ3) is 1.58. The Bertz CT molecular complexity index is 202. The van der Waals surface area contributed by atoms with Crippen LogP contribution in [0.4, 0.5) is 0 Å². The minimum Gasteiger partial charge on any atom is -0.339 e. The summed E-state index contributed by atoms with van der Waals surface area (Å²) in [4.78, 5) is 0. The molecule has 0 spiro atoms. The first-order valence-corrected chi connectivity index (χ1v) is 3.84. The zero-order valence-corrected chi connectivity index (χ0v) is 7.21. The molecule has 0 saturated heterocycles. The molecule has 0 N–H and O–H groups in total. The lowest BCUT2D eigenvalue weighted by Crippen LogP contribution is -1.93. The average Bonchev–Trinajstić information content (AvgIpc) is 2.18. The molecule has 0 atom stereocenters. The number of hydrogen-bond acceptors (Lipinski definition) is 0. The maximum Gasteiger partial charge on any atom is 0.0801 e. The fourth-order valence-corrected chi connectivity index (χ4v) is 1.25. The van der Waals surface area contributed by atoms with Crippen LogP contribution in [-0.2, 0) is 6.54 Å². The van der Waals surface area contributed by atoms with Crippen molar-refractivity contribution in [1.82, 2.24) is 4.57 Å². The van der Waals surface area contributed by atoms with Gasteiger partial charge in [0.25, 0.3) is 0 Å². The van der Waals surface area contributed by atoms with Gasteiger partial charge >= 0.3 is 0 Å². The molecule has 1 aromatic rings. The van der Waals surface area contributed by atoms with Crippen LogP contribution in [-0.4, -0.2) is 4.57 Å². The van der Waals surface area contributed by atoms with Crippen LogP contribution >= 0.6 is 22.6 Å². The van der Waals surface area contributed by atoms with Crippen LogP contribution in [0, 0.1) is 3.70 Å². The summed E-state index contributed by atoms with van der Waals surface area (Å²) >= 11 is 2.29. The Labute approximate surface area is 68.5 Å². The smallest absolute Gasteiger partial charge is 0.0801 e. The van der Waals surface area contributed by atoms with E-state index in [9.17, 15) is 0 Å². The maximum atomic E-state index is 3.65. The second-order valence-corrected chi connectivity index (χ2v) is 2.88. The van der Waals surface area contributed by atoms with Gasteiger partial charge in [0.15, 0.2) is 0 Å². The minimum absolute atomic E-state index is 0.908. The highest BCUT2D eigenvalue weighted by atomic mass is 127. The lowest BCUT2D eigenvalue weighted by Gasteiger charge is -1.97. The molecule has 1 heterocycles. The first-order valence-electron chi connectivity index (χ1n) is 2.76. The number of rotatable bonds is 2. The number of nitrogens with zero attached hydrogens (tertiary/aromatic N) is 1. The lowest BCUT2D eigenvalue weighted by atomic mass is 10.6. The van der Waals surface area contributed by atoms with Crippen LogP contribution in [0.15, 0.2) is 31.0 Å². The summed E-state index contributed by atoms with van der Waals surface area (Å²) in [5, 5.41) is 0. The van der Waals surface area contributed by atoms with Crippen molar-refractivity contribution >= 4 is 22.6 Å². The highest BCUT2D eigenvalue weighted by Crippen LogP contribution is 2.04. The molecule has 48 valence electrons. The molecule has 0 fully saturated rings. The largest absolute Gasteiger partial charge is 0.339 e. The fourth-order valence-electron chi connectivity index (χ4n) is 0.680. The topological polar surface area (TPSA) is 4.93 Å². The lowest BCUT2D eigenvalue weighted by molar-refractivity contribution is 0.809. The molecule has 0 aliphatic carbocycles. The van der Waals surface area contributed by atoms with Crippen LogP contribution < -0.4 is 0 Å². The van der Waals surface area contributed by atoms with Crippen molar-refractivity contribution < 1.29 is 0 Å². The molecule has 0 amide bonds. The van der Waals surface area contributed by atoms with E-state index in [1.54, 1.807) is 0 Å². The second-order valence-electron chi connectivity index (χ2n) is 1.77. The first-order chi connectivity index (χ1) is 4.34. The Balaban J connectivity index is 2.80. The molecule has 0 aromatic carbocycles. The summed E-state index contributed by atoms with van der Waals surface area (Å²) in [5.74, 6) is 0. The Morgan fingerprint density at radius 1 is 1.78 bits per heavy atom. The van der Waals surface area contributed by atoms with E-state index in [2.05, 4.69) is 39.8 Å². The van der Waals surface area contributed by atoms with Crippen molar-refractivity contribution in [1.29, 1.82) is 0 Å². The molecule has 9 heavy (non-hydrogen) atoms. The van der Waals surface area contributed by atoms with E-state index >= 15 is 0 Å². The summed E-state index contributed by atoms with van der Waals surface area (Å²) in [6.45, 7) is 4.56. The van der Waals surface area contributed by atoms with Gasteiger partial charge in [-0.2, -0.15) is 0 Å². The van der Waals surface area contributed by atoms with Gasteiger partial charge in [-0.05, 0) is 34.7 Å². The normalized spacial score (nSPS) is 9.44. The van der Waals surface area contributed by atoms with Crippen molar-refractivity contribution in [2.45, 2.75) is 6.54 Å². The van der Waals surface area contributed by atoms with Crippen molar-refractivity contribution in [3.63, 3.8) is 0 Å². The molecule has 0 aliphatic rings. The molecule has 0 radical (unpaired) electrons. The van der Waals surface area contributed by atoms with E-state index in [-0.39, 0.29) is 0 Å². The molecule has 0 unspecified atom stereocenters. The third-order valence-corrected chi connectivity index (χ3v) is 2.08. The van der Waals surface area contributed by atoms with Crippen LogP contribution in [0.2, 0.25) is 0 Å². The zero-order valence-electron chi connectivity index (χ0n) is 5.05. The van der Waals surface area contributed by atoms with Crippen LogP contribution in [0.3, 0.4) is 0 Å². The number of hydrogen-bond donors (Lipinski definition) is 0. The standard InChI is InChI=1S/C7H8IN/c1-2-5-9-6-3-4-7(9)8/h2-4,6H,1,5H2. The number of halogens is 1. The summed E-state index contributed by atoms with van der Waals surface area (Å²) in [6, 6.07) is 4.11.